The summed E-state index contributed by atoms with van der Waals surface area (Å²) in [6, 6.07) is 0. The van der Waals surface area contributed by atoms with E-state index in [2.05, 4.69) is 25.4 Å². The van der Waals surface area contributed by atoms with Gasteiger partial charge in [-0.2, -0.15) is 0 Å². The van der Waals surface area contributed by atoms with Gasteiger partial charge in [-0.3, -0.25) is 9.36 Å². The minimum Gasteiger partial charge on any atom is -0.381 e. The molecule has 4 aromatic heterocycles. The molecular weight excluding hydrogens is 341 g/mol. The molecule has 1 amide bonds. The minimum absolute atomic E-state index is 0.0519. The van der Waals surface area contributed by atoms with Crippen LogP contribution < -0.4 is 11.1 Å². The van der Waals surface area contributed by atoms with Crippen LogP contribution in [-0.2, 0) is 7.05 Å². The van der Waals surface area contributed by atoms with Crippen LogP contribution in [0.25, 0.3) is 11.5 Å². The molecule has 0 saturated carbocycles. The summed E-state index contributed by atoms with van der Waals surface area (Å²) in [6.07, 6.45) is 6.91. The molecule has 0 aromatic carbocycles. The van der Waals surface area contributed by atoms with Crippen molar-refractivity contribution < 1.29 is 9.18 Å². The molecule has 0 fully saturated rings. The van der Waals surface area contributed by atoms with Gasteiger partial charge < -0.3 is 15.6 Å². The van der Waals surface area contributed by atoms with Crippen molar-refractivity contribution in [1.82, 2.24) is 33.7 Å². The maximum atomic E-state index is 13.3. The van der Waals surface area contributed by atoms with Crippen molar-refractivity contribution >= 4 is 23.2 Å². The number of aromatic nitrogens is 7. The van der Waals surface area contributed by atoms with Crippen LogP contribution in [0.3, 0.4) is 0 Å². The number of nitrogens with one attached hydrogen (secondary N) is 1. The van der Waals surface area contributed by atoms with Crippen molar-refractivity contribution in [2.75, 3.05) is 11.1 Å². The summed E-state index contributed by atoms with van der Waals surface area (Å²) in [4.78, 5) is 25.0. The summed E-state index contributed by atoms with van der Waals surface area (Å²) >= 11 is 0. The highest BCUT2D eigenvalue weighted by Gasteiger charge is 2.22. The van der Waals surface area contributed by atoms with Crippen LogP contribution in [0.4, 0.5) is 16.0 Å². The first-order chi connectivity index (χ1) is 12.5. The zero-order valence-corrected chi connectivity index (χ0v) is 13.9. The van der Waals surface area contributed by atoms with Gasteiger partial charge >= 0.3 is 0 Å². The Kier molecular flexibility index (Phi) is 3.42. The molecule has 0 unspecified atom stereocenters. The van der Waals surface area contributed by atoms with Crippen molar-refractivity contribution in [3.63, 3.8) is 0 Å². The van der Waals surface area contributed by atoms with Crippen LogP contribution in [0.2, 0.25) is 0 Å². The highest BCUT2D eigenvalue weighted by molar-refractivity contribution is 6.11. The number of nitrogens with zero attached hydrogens (tertiary/aromatic N) is 7. The monoisotopic (exact) mass is 355 g/mol. The first-order valence-electron chi connectivity index (χ1n) is 7.57. The summed E-state index contributed by atoms with van der Waals surface area (Å²) in [5.74, 6) is 0.651. The number of fused-ring (bicyclic) bond motifs is 1. The smallest absolute Gasteiger partial charge is 0.264 e. The Morgan fingerprint density at radius 3 is 2.81 bits per heavy atom. The highest BCUT2D eigenvalue weighted by Crippen LogP contribution is 2.21. The Bertz CT molecular complexity index is 1140. The Labute approximate surface area is 146 Å². The molecule has 0 spiro atoms. The van der Waals surface area contributed by atoms with Crippen LogP contribution in [-0.4, -0.2) is 39.6 Å². The summed E-state index contributed by atoms with van der Waals surface area (Å²) in [5.41, 5.74) is 6.04. The average molecular weight is 355 g/mol. The third kappa shape index (κ3) is 2.37. The van der Waals surface area contributed by atoms with Gasteiger partial charge in [-0.1, -0.05) is 0 Å². The average Bonchev–Trinajstić information content (AvgIpc) is 3.24. The lowest BCUT2D eigenvalue weighted by molar-refractivity contribution is 0.102. The van der Waals surface area contributed by atoms with E-state index in [1.165, 1.54) is 6.20 Å². The predicted octanol–water partition coefficient (Wildman–Crippen LogP) is 0.931. The topological polar surface area (TPSA) is 121 Å². The summed E-state index contributed by atoms with van der Waals surface area (Å²) in [7, 11) is 1.83. The molecule has 0 aliphatic heterocycles. The third-order valence-corrected chi connectivity index (χ3v) is 3.90. The van der Waals surface area contributed by atoms with E-state index in [0.717, 1.165) is 22.7 Å². The fraction of sp³-hybridized carbons (Fsp3) is 0.133. The normalized spacial score (nSPS) is 11.2. The van der Waals surface area contributed by atoms with Crippen molar-refractivity contribution in [3.05, 3.63) is 48.3 Å². The molecule has 10 nitrogen and oxygen atoms in total. The molecule has 132 valence electrons. The molecule has 0 aliphatic rings. The van der Waals surface area contributed by atoms with Gasteiger partial charge in [0.25, 0.3) is 5.91 Å². The van der Waals surface area contributed by atoms with Gasteiger partial charge in [-0.25, -0.2) is 23.9 Å². The Morgan fingerprint density at radius 1 is 1.27 bits per heavy atom. The second-order valence-electron chi connectivity index (χ2n) is 5.64. The van der Waals surface area contributed by atoms with E-state index < -0.39 is 11.7 Å². The van der Waals surface area contributed by atoms with E-state index in [0.29, 0.717) is 11.6 Å². The van der Waals surface area contributed by atoms with Gasteiger partial charge in [-0.05, 0) is 6.92 Å². The number of carbonyl (C=O) groups is 1. The van der Waals surface area contributed by atoms with E-state index in [4.69, 9.17) is 5.73 Å². The van der Waals surface area contributed by atoms with E-state index in [-0.39, 0.29) is 17.0 Å². The third-order valence-electron chi connectivity index (χ3n) is 3.90. The lowest BCUT2D eigenvalue weighted by Gasteiger charge is -2.11. The van der Waals surface area contributed by atoms with Gasteiger partial charge in [0.05, 0.1) is 31.1 Å². The molecular formula is C15H14FN9O. The first kappa shape index (κ1) is 15.7. The first-order valence-corrected chi connectivity index (χ1v) is 7.57. The highest BCUT2D eigenvalue weighted by atomic mass is 19.1. The number of amides is 1. The standard InChI is InChI=1S/C15H14FN9O/c1-8-19-4-10(25(8)11-5-18-7-23(11)2)21-15(26)12-13(17)22-24-6-9(16)3-20-14(12)24/h3-7H,1-2H3,(H2,17,22)(H,21,26). The fourth-order valence-corrected chi connectivity index (χ4v) is 2.71. The quantitative estimate of drug-likeness (QED) is 0.564. The number of nitrogens with two attached hydrogens (primary N) is 1. The molecule has 4 rings (SSSR count). The van der Waals surface area contributed by atoms with Crippen molar-refractivity contribution in [1.29, 1.82) is 0 Å². The Morgan fingerprint density at radius 2 is 2.08 bits per heavy atom. The largest absolute Gasteiger partial charge is 0.381 e. The minimum atomic E-state index is -0.586. The van der Waals surface area contributed by atoms with Crippen LogP contribution in [0.1, 0.15) is 16.2 Å². The zero-order valence-electron chi connectivity index (χ0n) is 13.9. The van der Waals surface area contributed by atoms with Gasteiger partial charge in [0.2, 0.25) is 0 Å². The van der Waals surface area contributed by atoms with Crippen LogP contribution in [0.5, 0.6) is 0 Å². The van der Waals surface area contributed by atoms with Gasteiger partial charge in [-0.15, -0.1) is 5.10 Å². The van der Waals surface area contributed by atoms with Crippen LogP contribution in [0, 0.1) is 12.7 Å². The number of nitrogen functional groups attached to an aromatic ring is 1. The SMILES string of the molecule is Cc1ncc(NC(=O)c2c(N)nn3cc(F)cnc23)n1-c1cncn1C. The number of carbonyl (C=O) groups excluding carboxylic acids is 1. The summed E-state index contributed by atoms with van der Waals surface area (Å²) in [5, 5.41) is 6.67. The van der Waals surface area contributed by atoms with E-state index >= 15 is 0 Å². The number of rotatable bonds is 3. The molecule has 0 aliphatic carbocycles. The number of anilines is 2. The van der Waals surface area contributed by atoms with E-state index in [9.17, 15) is 9.18 Å². The molecule has 0 bridgehead atoms. The Hall–Kier alpha value is -3.76. The lowest BCUT2D eigenvalue weighted by Crippen LogP contribution is -2.17. The predicted molar refractivity (Wildman–Crippen MR) is 90.4 cm³/mol. The number of aryl methyl sites for hydroxylation is 2. The maximum absolute atomic E-state index is 13.3. The second kappa shape index (κ2) is 5.65. The van der Waals surface area contributed by atoms with Gasteiger partial charge in [0, 0.05) is 7.05 Å². The molecule has 26 heavy (non-hydrogen) atoms. The van der Waals surface area contributed by atoms with Crippen molar-refractivity contribution in [2.24, 2.45) is 7.05 Å². The van der Waals surface area contributed by atoms with Gasteiger partial charge in [0.15, 0.2) is 17.3 Å². The van der Waals surface area contributed by atoms with E-state index in [1.54, 1.807) is 28.6 Å². The molecule has 0 radical (unpaired) electrons. The van der Waals surface area contributed by atoms with Crippen molar-refractivity contribution in [3.8, 4) is 5.82 Å². The Balaban J connectivity index is 1.75. The number of hydrogen-bond acceptors (Lipinski definition) is 6. The number of imidazole rings is 2. The number of halogens is 1. The zero-order chi connectivity index (χ0) is 18.4. The van der Waals surface area contributed by atoms with E-state index in [1.807, 2.05) is 7.05 Å². The summed E-state index contributed by atoms with van der Waals surface area (Å²) < 4.78 is 17.9. The molecule has 4 aromatic rings. The van der Waals surface area contributed by atoms with Crippen LogP contribution >= 0.6 is 0 Å². The maximum Gasteiger partial charge on any atom is 0.264 e. The fourth-order valence-electron chi connectivity index (χ4n) is 2.71. The van der Waals surface area contributed by atoms with Gasteiger partial charge in [0.1, 0.15) is 23.0 Å². The molecule has 11 heteroatoms. The molecule has 0 atom stereocenters. The van der Waals surface area contributed by atoms with Crippen molar-refractivity contribution in [2.45, 2.75) is 6.92 Å². The molecule has 4 heterocycles. The molecule has 3 N–H and O–H groups in total. The second-order valence-corrected chi connectivity index (χ2v) is 5.64. The van der Waals surface area contributed by atoms with Crippen LogP contribution in [0.15, 0.2) is 31.1 Å². The lowest BCUT2D eigenvalue weighted by atomic mass is 10.3. The number of hydrogen-bond donors (Lipinski definition) is 2. The molecule has 0 saturated heterocycles. The summed E-state index contributed by atoms with van der Waals surface area (Å²) in [6.45, 7) is 1.80.